The van der Waals surface area contributed by atoms with Crippen molar-refractivity contribution in [2.75, 3.05) is 37.3 Å². The number of aromatic nitrogens is 2. The summed E-state index contributed by atoms with van der Waals surface area (Å²) in [4.78, 5) is 42.9. The van der Waals surface area contributed by atoms with Gasteiger partial charge in [-0.05, 0) is 79.5 Å². The highest BCUT2D eigenvalue weighted by atomic mass is 32.1. The third-order valence-electron chi connectivity index (χ3n) is 9.52. The van der Waals surface area contributed by atoms with E-state index in [0.29, 0.717) is 41.5 Å². The van der Waals surface area contributed by atoms with Gasteiger partial charge in [-0.1, -0.05) is 6.58 Å². The first kappa shape index (κ1) is 32.4. The molecule has 5 atom stereocenters. The number of nitrogens with zero attached hydrogens (tertiary/aromatic N) is 6. The van der Waals surface area contributed by atoms with Gasteiger partial charge in [0.2, 0.25) is 11.8 Å². The Morgan fingerprint density at radius 1 is 1.31 bits per heavy atom. The number of fused-ring (bicyclic) bond motifs is 1. The van der Waals surface area contributed by atoms with Crippen LogP contribution in [0.15, 0.2) is 18.7 Å². The maximum absolute atomic E-state index is 13.9. The minimum Gasteiger partial charge on any atom is -0.459 e. The molecule has 2 amide bonds. The molecule has 3 aliphatic rings. The van der Waals surface area contributed by atoms with Crippen molar-refractivity contribution in [2.45, 2.75) is 89.4 Å². The molecule has 2 aliphatic heterocycles. The third kappa shape index (κ3) is 6.13. The van der Waals surface area contributed by atoms with Crippen LogP contribution in [0.4, 0.5) is 10.8 Å². The van der Waals surface area contributed by atoms with Crippen molar-refractivity contribution < 1.29 is 14.3 Å². The van der Waals surface area contributed by atoms with Crippen LogP contribution in [-0.2, 0) is 21.4 Å². The minimum absolute atomic E-state index is 0.111. The maximum atomic E-state index is 13.9. The van der Waals surface area contributed by atoms with Crippen LogP contribution in [0.3, 0.4) is 0 Å². The van der Waals surface area contributed by atoms with Crippen LogP contribution >= 0.6 is 11.3 Å². The average molecular weight is 634 g/mol. The monoisotopic (exact) mass is 633 g/mol. The van der Waals surface area contributed by atoms with Crippen molar-refractivity contribution in [3.05, 3.63) is 40.4 Å². The van der Waals surface area contributed by atoms with Crippen LogP contribution in [-0.4, -0.2) is 88.3 Å². The average Bonchev–Trinajstić information content (AvgIpc) is 3.58. The Hall–Kier alpha value is -4.02. The number of piperazine rings is 1. The summed E-state index contributed by atoms with van der Waals surface area (Å²) in [6.45, 7) is 13.4. The van der Waals surface area contributed by atoms with E-state index in [-0.39, 0.29) is 53.6 Å². The molecule has 0 saturated carbocycles. The fourth-order valence-electron chi connectivity index (χ4n) is 7.22. The van der Waals surface area contributed by atoms with Gasteiger partial charge in [0.25, 0.3) is 0 Å². The second-order valence-electron chi connectivity index (χ2n) is 12.7. The van der Waals surface area contributed by atoms with Crippen molar-refractivity contribution >= 4 is 39.8 Å². The summed E-state index contributed by atoms with van der Waals surface area (Å²) in [5, 5.41) is 22.0. The minimum atomic E-state index is -1.02. The van der Waals surface area contributed by atoms with Crippen molar-refractivity contribution in [2.24, 2.45) is 0 Å². The first-order chi connectivity index (χ1) is 21.4. The van der Waals surface area contributed by atoms with E-state index in [4.69, 9.17) is 20.9 Å². The second-order valence-corrected chi connectivity index (χ2v) is 13.9. The number of anilines is 2. The van der Waals surface area contributed by atoms with Gasteiger partial charge in [0.05, 0.1) is 11.0 Å². The zero-order valence-corrected chi connectivity index (χ0v) is 27.5. The van der Waals surface area contributed by atoms with Crippen LogP contribution in [0.5, 0.6) is 6.01 Å². The number of hydrogen-bond acceptors (Lipinski definition) is 11. The summed E-state index contributed by atoms with van der Waals surface area (Å²) in [5.41, 5.74) is 6.36. The molecule has 0 bridgehead atoms. The predicted octanol–water partition coefficient (Wildman–Crippen LogP) is 3.20. The molecule has 45 heavy (non-hydrogen) atoms. The number of hydrogen-bond donors (Lipinski definition) is 3. The fraction of sp³-hybridized carbons (Fsp3) is 0.562. The Labute approximate surface area is 268 Å². The molecule has 2 aromatic rings. The molecule has 4 N–H and O–H groups in total. The number of nitrogen functional groups attached to an aromatic ring is 1. The molecule has 0 aromatic carbocycles. The summed E-state index contributed by atoms with van der Waals surface area (Å²) in [5.74, 6) is -0.137. The standard InChI is InChI=1S/C32H43N9O3S/c1-7-26(42)41-18(2)16-40(17-19(41)3)25-14-22(36-31(37-25)44-20(4)23-10-9-13-39(23)6)28(34)38-30(43)32(5)12-8-11-24-27(32)21(15-33)29(35)45-24/h7,14,18-20,23H,1,8-13,16-17,35H2,2-6H3,(H2,34,38,43)/t18-,19+,20-,23-,32-/m0/s1. The van der Waals surface area contributed by atoms with E-state index in [0.717, 1.165) is 37.1 Å². The highest BCUT2D eigenvalue weighted by Crippen LogP contribution is 2.45. The van der Waals surface area contributed by atoms with E-state index in [1.54, 1.807) is 6.07 Å². The lowest BCUT2D eigenvalue weighted by Gasteiger charge is -2.44. The number of ether oxygens (including phenoxy) is 1. The van der Waals surface area contributed by atoms with Crippen molar-refractivity contribution in [3.63, 3.8) is 0 Å². The van der Waals surface area contributed by atoms with Gasteiger partial charge in [-0.3, -0.25) is 19.9 Å². The number of likely N-dealkylation sites (tertiary alicyclic amines) is 1. The quantitative estimate of drug-likeness (QED) is 0.236. The zero-order chi connectivity index (χ0) is 32.6. The van der Waals surface area contributed by atoms with Gasteiger partial charge in [0.1, 0.15) is 28.7 Å². The van der Waals surface area contributed by atoms with Crippen molar-refractivity contribution in [3.8, 4) is 12.1 Å². The Kier molecular flexibility index (Phi) is 9.19. The largest absolute Gasteiger partial charge is 0.459 e. The molecule has 4 heterocycles. The first-order valence-corrected chi connectivity index (χ1v) is 16.4. The predicted molar refractivity (Wildman–Crippen MR) is 175 cm³/mol. The second kappa shape index (κ2) is 12.8. The van der Waals surface area contributed by atoms with E-state index in [1.165, 1.54) is 17.4 Å². The highest BCUT2D eigenvalue weighted by Gasteiger charge is 2.43. The van der Waals surface area contributed by atoms with Crippen LogP contribution in [0, 0.1) is 16.7 Å². The number of amides is 2. The molecule has 0 radical (unpaired) electrons. The van der Waals surface area contributed by atoms with Crippen LogP contribution in [0.25, 0.3) is 0 Å². The molecule has 240 valence electrons. The lowest BCUT2D eigenvalue weighted by molar-refractivity contribution is -0.130. The Balaban J connectivity index is 1.45. The number of nitrogens with one attached hydrogen (secondary N) is 2. The molecule has 2 saturated heterocycles. The molecule has 13 heteroatoms. The number of nitriles is 1. The smallest absolute Gasteiger partial charge is 0.319 e. The van der Waals surface area contributed by atoms with E-state index in [1.807, 2.05) is 32.6 Å². The van der Waals surface area contributed by atoms with Gasteiger partial charge in [-0.25, -0.2) is 0 Å². The number of aryl methyl sites for hydroxylation is 1. The molecular formula is C32H43N9O3S. The van der Waals surface area contributed by atoms with Gasteiger partial charge in [0, 0.05) is 47.7 Å². The molecule has 0 spiro atoms. The van der Waals surface area contributed by atoms with E-state index >= 15 is 0 Å². The van der Waals surface area contributed by atoms with E-state index in [2.05, 4.69) is 39.8 Å². The van der Waals surface area contributed by atoms with Gasteiger partial charge in [-0.15, -0.1) is 11.3 Å². The van der Waals surface area contributed by atoms with Gasteiger partial charge >= 0.3 is 6.01 Å². The van der Waals surface area contributed by atoms with E-state index in [9.17, 15) is 14.9 Å². The van der Waals surface area contributed by atoms with Gasteiger partial charge < -0.3 is 25.6 Å². The van der Waals surface area contributed by atoms with Gasteiger partial charge in [0.15, 0.2) is 5.84 Å². The topological polar surface area (TPSA) is 165 Å². The molecule has 2 aromatic heterocycles. The highest BCUT2D eigenvalue weighted by molar-refractivity contribution is 7.16. The first-order valence-electron chi connectivity index (χ1n) is 15.6. The Morgan fingerprint density at radius 2 is 2.02 bits per heavy atom. The molecule has 2 fully saturated rings. The Bertz CT molecular complexity index is 1540. The number of carbonyl (C=O) groups is 2. The van der Waals surface area contributed by atoms with Crippen LogP contribution in [0.1, 0.15) is 75.1 Å². The zero-order valence-electron chi connectivity index (χ0n) is 26.7. The maximum Gasteiger partial charge on any atom is 0.319 e. The fourth-order valence-corrected chi connectivity index (χ4v) is 8.41. The molecular weight excluding hydrogens is 590 g/mol. The van der Waals surface area contributed by atoms with Crippen LogP contribution in [0.2, 0.25) is 0 Å². The summed E-state index contributed by atoms with van der Waals surface area (Å²) < 4.78 is 6.32. The Morgan fingerprint density at radius 3 is 2.64 bits per heavy atom. The number of thiophene rings is 1. The lowest BCUT2D eigenvalue weighted by Crippen LogP contribution is -2.58. The number of nitrogens with two attached hydrogens (primary N) is 1. The molecule has 12 nitrogen and oxygen atoms in total. The normalized spacial score (nSPS) is 25.6. The van der Waals surface area contributed by atoms with Crippen LogP contribution < -0.4 is 20.7 Å². The summed E-state index contributed by atoms with van der Waals surface area (Å²) >= 11 is 1.36. The van der Waals surface area contributed by atoms with Crippen molar-refractivity contribution in [1.82, 2.24) is 25.1 Å². The molecule has 5 rings (SSSR count). The summed E-state index contributed by atoms with van der Waals surface area (Å²) in [7, 11) is 2.08. The SMILES string of the molecule is C=CC(=O)N1[C@H](C)CN(c2cc(C(=N)NC(=O)[C@@]3(C)CCCc4sc(N)c(C#N)c43)nc(O[C@@H](C)[C@@H]3CCCN3C)n2)C[C@@H]1C. The summed E-state index contributed by atoms with van der Waals surface area (Å²) in [6.07, 6.45) is 5.30. The van der Waals surface area contributed by atoms with Gasteiger partial charge in [-0.2, -0.15) is 15.2 Å². The third-order valence-corrected chi connectivity index (χ3v) is 10.6. The lowest BCUT2D eigenvalue weighted by atomic mass is 9.72. The number of carbonyl (C=O) groups excluding carboxylic acids is 2. The van der Waals surface area contributed by atoms with E-state index < -0.39 is 5.41 Å². The number of amidine groups is 1. The number of likely N-dealkylation sites (N-methyl/N-ethyl adjacent to an activating group) is 1. The van der Waals surface area contributed by atoms with Crippen molar-refractivity contribution in [1.29, 1.82) is 10.7 Å². The molecule has 0 unspecified atom stereocenters. The molecule has 1 aliphatic carbocycles. The number of rotatable bonds is 7. The summed E-state index contributed by atoms with van der Waals surface area (Å²) in [6, 6.07) is 3.99.